The molecular formula is C31H47-. The second-order valence-electron chi connectivity index (χ2n) is 6.72. The van der Waals surface area contributed by atoms with Gasteiger partial charge in [-0.1, -0.05) is 133 Å². The van der Waals surface area contributed by atoms with Gasteiger partial charge >= 0.3 is 0 Å². The second kappa shape index (κ2) is 19.6. The summed E-state index contributed by atoms with van der Waals surface area (Å²) in [7, 11) is 0. The van der Waals surface area contributed by atoms with Crippen LogP contribution >= 0.6 is 0 Å². The van der Waals surface area contributed by atoms with Crippen LogP contribution in [-0.4, -0.2) is 0 Å². The molecule has 0 aliphatic rings. The summed E-state index contributed by atoms with van der Waals surface area (Å²) < 4.78 is 0. The Labute approximate surface area is 194 Å². The third-order valence-corrected chi connectivity index (χ3v) is 4.52. The lowest BCUT2D eigenvalue weighted by Crippen LogP contribution is -1.92. The van der Waals surface area contributed by atoms with E-state index in [1.807, 2.05) is 41.5 Å². The minimum absolute atomic E-state index is 0. The summed E-state index contributed by atoms with van der Waals surface area (Å²) in [6.45, 7) is 16.4. The van der Waals surface area contributed by atoms with Gasteiger partial charge in [-0.3, -0.25) is 0 Å². The third kappa shape index (κ3) is 12.2. The van der Waals surface area contributed by atoms with Gasteiger partial charge in [0.2, 0.25) is 0 Å². The highest BCUT2D eigenvalue weighted by Crippen LogP contribution is 2.15. The highest BCUT2D eigenvalue weighted by atomic mass is 14.1. The fourth-order valence-electron chi connectivity index (χ4n) is 3.06. The predicted molar refractivity (Wildman–Crippen MR) is 144 cm³/mol. The van der Waals surface area contributed by atoms with Crippen LogP contribution in [0.4, 0.5) is 0 Å². The summed E-state index contributed by atoms with van der Waals surface area (Å²) in [5, 5.41) is 0. The topological polar surface area (TPSA) is 0 Å². The fourth-order valence-corrected chi connectivity index (χ4v) is 3.06. The van der Waals surface area contributed by atoms with Crippen molar-refractivity contribution in [2.45, 2.75) is 81.1 Å². The van der Waals surface area contributed by atoms with Crippen LogP contribution in [0.5, 0.6) is 0 Å². The van der Waals surface area contributed by atoms with Crippen molar-refractivity contribution in [2.75, 3.05) is 0 Å². The molecule has 3 aromatic carbocycles. The minimum Gasteiger partial charge on any atom is -0.358 e. The molecule has 0 aliphatic carbocycles. The van der Waals surface area contributed by atoms with E-state index >= 15 is 0 Å². The maximum absolute atomic E-state index is 2.27. The molecule has 0 saturated heterocycles. The van der Waals surface area contributed by atoms with Gasteiger partial charge in [-0.25, -0.2) is 0 Å². The lowest BCUT2D eigenvalue weighted by molar-refractivity contribution is 0.920. The molecule has 31 heavy (non-hydrogen) atoms. The molecule has 0 N–H and O–H groups in total. The smallest absolute Gasteiger partial charge is 0.00258 e. The molecule has 3 aromatic rings. The first-order valence-corrected chi connectivity index (χ1v) is 11.9. The van der Waals surface area contributed by atoms with E-state index in [4.69, 9.17) is 0 Å². The number of hydrogen-bond acceptors (Lipinski definition) is 0. The maximum atomic E-state index is 2.27. The number of hydrogen-bond donors (Lipinski definition) is 0. The van der Waals surface area contributed by atoms with Crippen LogP contribution < -0.4 is 0 Å². The van der Waals surface area contributed by atoms with Crippen LogP contribution in [-0.2, 0) is 19.3 Å². The van der Waals surface area contributed by atoms with E-state index in [-0.39, 0.29) is 7.43 Å². The molecule has 0 spiro atoms. The van der Waals surface area contributed by atoms with E-state index in [1.165, 1.54) is 46.2 Å². The Bertz CT molecular complexity index is 747. The van der Waals surface area contributed by atoms with Gasteiger partial charge in [-0.2, -0.15) is 0 Å². The molecule has 0 nitrogen and oxygen atoms in total. The van der Waals surface area contributed by atoms with Gasteiger partial charge in [0, 0.05) is 0 Å². The van der Waals surface area contributed by atoms with Crippen molar-refractivity contribution in [3.05, 3.63) is 114 Å². The zero-order chi connectivity index (χ0) is 22.8. The summed E-state index contributed by atoms with van der Waals surface area (Å²) in [4.78, 5) is 0. The minimum atomic E-state index is 0. The Hall–Kier alpha value is -2.34. The van der Waals surface area contributed by atoms with Gasteiger partial charge < -0.3 is 7.43 Å². The van der Waals surface area contributed by atoms with Gasteiger partial charge in [0.05, 0.1) is 0 Å². The molecule has 172 valence electrons. The Balaban J connectivity index is 0. The lowest BCUT2D eigenvalue weighted by atomic mass is 9.99. The molecule has 0 heterocycles. The molecule has 0 heteroatoms. The molecule has 0 amide bonds. The summed E-state index contributed by atoms with van der Waals surface area (Å²) >= 11 is 0. The van der Waals surface area contributed by atoms with Gasteiger partial charge in [0.25, 0.3) is 0 Å². The van der Waals surface area contributed by atoms with Crippen LogP contribution in [0.15, 0.2) is 72.8 Å². The van der Waals surface area contributed by atoms with Crippen molar-refractivity contribution in [2.24, 2.45) is 0 Å². The first kappa shape index (κ1) is 30.9. The number of rotatable bonds is 6. The highest BCUT2D eigenvalue weighted by molar-refractivity contribution is 5.33. The van der Waals surface area contributed by atoms with Crippen LogP contribution in [0.25, 0.3) is 0 Å². The van der Waals surface area contributed by atoms with Crippen LogP contribution in [0.2, 0.25) is 0 Å². The summed E-state index contributed by atoms with van der Waals surface area (Å²) in [5.41, 5.74) is 8.28. The van der Waals surface area contributed by atoms with Crippen LogP contribution in [0.3, 0.4) is 0 Å². The quantitative estimate of drug-likeness (QED) is 0.349. The largest absolute Gasteiger partial charge is 0.358 e. The lowest BCUT2D eigenvalue weighted by Gasteiger charge is -2.06. The Morgan fingerprint density at radius 1 is 0.452 bits per heavy atom. The van der Waals surface area contributed by atoms with Crippen molar-refractivity contribution < 1.29 is 0 Å². The first-order valence-electron chi connectivity index (χ1n) is 11.9. The molecule has 3 rings (SSSR count). The molecular weight excluding hydrogens is 372 g/mol. The third-order valence-electron chi connectivity index (χ3n) is 4.52. The second-order valence-corrected chi connectivity index (χ2v) is 6.72. The standard InChI is InChI=1S/C24H26.3C2H6.CH3/c1-3-4-20-9-11-22(12-10-20)18-24-15-13-23(14-16-24)17-21-7-5-19(2)6-8-21;3*1-2;/h5-16H,3-4,17-18H2,1-2H3;3*1-2H3;1H3/q;;;;-1. The zero-order valence-electron chi connectivity index (χ0n) is 21.8. The molecule has 0 saturated carbocycles. The Kier molecular flexibility index (Phi) is 19.5. The van der Waals surface area contributed by atoms with Gasteiger partial charge in [-0.05, 0) is 54.0 Å². The molecule has 0 aliphatic heterocycles. The monoisotopic (exact) mass is 419 g/mol. The number of benzene rings is 3. The molecule has 0 atom stereocenters. The maximum Gasteiger partial charge on any atom is -0.00258 e. The van der Waals surface area contributed by atoms with Crippen LogP contribution in [0.1, 0.15) is 88.3 Å². The van der Waals surface area contributed by atoms with Crippen molar-refractivity contribution in [3.63, 3.8) is 0 Å². The van der Waals surface area contributed by atoms with Crippen molar-refractivity contribution in [3.8, 4) is 0 Å². The zero-order valence-corrected chi connectivity index (χ0v) is 21.8. The Morgan fingerprint density at radius 2 is 0.710 bits per heavy atom. The SMILES string of the molecule is CC.CC.CC.CCCc1ccc(Cc2ccc(Cc3ccc(C)cc3)cc2)cc1.[CH3-]. The number of aryl methyl sites for hydroxylation is 2. The van der Waals surface area contributed by atoms with E-state index in [1.54, 1.807) is 0 Å². The van der Waals surface area contributed by atoms with Gasteiger partial charge in [0.1, 0.15) is 0 Å². The summed E-state index contributed by atoms with van der Waals surface area (Å²) in [6.07, 6.45) is 4.40. The van der Waals surface area contributed by atoms with Crippen molar-refractivity contribution in [1.82, 2.24) is 0 Å². The average Bonchev–Trinajstić information content (AvgIpc) is 2.82. The van der Waals surface area contributed by atoms with Crippen molar-refractivity contribution in [1.29, 1.82) is 0 Å². The van der Waals surface area contributed by atoms with Crippen molar-refractivity contribution >= 4 is 0 Å². The van der Waals surface area contributed by atoms with Crippen LogP contribution in [0, 0.1) is 14.4 Å². The Morgan fingerprint density at radius 3 is 1.00 bits per heavy atom. The van der Waals surface area contributed by atoms with E-state index in [2.05, 4.69) is 86.6 Å². The fraction of sp³-hybridized carbons (Fsp3) is 0.387. The predicted octanol–water partition coefficient (Wildman–Crippen LogP) is 9.66. The molecule has 0 aromatic heterocycles. The van der Waals surface area contributed by atoms with E-state index in [0.717, 1.165) is 12.8 Å². The highest BCUT2D eigenvalue weighted by Gasteiger charge is 2.00. The molecule has 0 unspecified atom stereocenters. The average molecular weight is 420 g/mol. The van der Waals surface area contributed by atoms with Gasteiger partial charge in [0.15, 0.2) is 0 Å². The molecule has 0 fully saturated rings. The first-order chi connectivity index (χ1) is 14.7. The van der Waals surface area contributed by atoms with Gasteiger partial charge in [-0.15, -0.1) is 0 Å². The van der Waals surface area contributed by atoms with E-state index in [9.17, 15) is 0 Å². The van der Waals surface area contributed by atoms with E-state index < -0.39 is 0 Å². The molecule has 0 radical (unpaired) electrons. The van der Waals surface area contributed by atoms with E-state index in [0.29, 0.717) is 0 Å². The summed E-state index contributed by atoms with van der Waals surface area (Å²) in [5.74, 6) is 0. The summed E-state index contributed by atoms with van der Waals surface area (Å²) in [6, 6.07) is 27.0. The normalized spacial score (nSPS) is 8.90. The molecule has 0 bridgehead atoms.